The molecule has 0 aromatic heterocycles. The molecule has 0 aromatic carbocycles. The maximum atomic E-state index is 11.0. The third kappa shape index (κ3) is 3.25. The molecule has 1 aliphatic rings. The lowest BCUT2D eigenvalue weighted by atomic mass is 10.2. The highest BCUT2D eigenvalue weighted by atomic mass is 16.3. The van der Waals surface area contributed by atoms with Crippen molar-refractivity contribution < 1.29 is 15.0 Å². The van der Waals surface area contributed by atoms with Gasteiger partial charge < -0.3 is 15.1 Å². The fourth-order valence-electron chi connectivity index (χ4n) is 1.60. The van der Waals surface area contributed by atoms with Gasteiger partial charge >= 0.3 is 0 Å². The van der Waals surface area contributed by atoms with Crippen LogP contribution < -0.4 is 0 Å². The summed E-state index contributed by atoms with van der Waals surface area (Å²) < 4.78 is 0. The van der Waals surface area contributed by atoms with Crippen LogP contribution in [0, 0.1) is 0 Å². The number of rotatable bonds is 3. The molecular formula is C9H18N2O3. The molecule has 0 bridgehead atoms. The molecule has 2 N–H and O–H groups in total. The van der Waals surface area contributed by atoms with Gasteiger partial charge in [-0.15, -0.1) is 0 Å². The zero-order valence-corrected chi connectivity index (χ0v) is 8.52. The number of carbonyl (C=O) groups is 1. The number of β-amino-alcohol motifs (C(OH)–C–C–N with tert-alkyl or cyclic N) is 1. The maximum absolute atomic E-state index is 11.0. The molecule has 0 radical (unpaired) electrons. The molecule has 5 heteroatoms. The smallest absolute Gasteiger partial charge is 0.219 e. The number of amides is 1. The average Bonchev–Trinajstić information content (AvgIpc) is 2.18. The Balaban J connectivity index is 2.25. The fraction of sp³-hybridized carbons (Fsp3) is 0.889. The minimum atomic E-state index is -0.668. The van der Waals surface area contributed by atoms with E-state index in [1.807, 2.05) is 0 Å². The summed E-state index contributed by atoms with van der Waals surface area (Å²) in [6.45, 7) is 4.83. The van der Waals surface area contributed by atoms with E-state index in [1.54, 1.807) is 11.8 Å². The number of hydrogen-bond donors (Lipinski definition) is 2. The first-order valence-electron chi connectivity index (χ1n) is 4.90. The van der Waals surface area contributed by atoms with Crippen LogP contribution in [0.2, 0.25) is 0 Å². The molecule has 1 aliphatic heterocycles. The fourth-order valence-corrected chi connectivity index (χ4v) is 1.60. The van der Waals surface area contributed by atoms with E-state index in [0.29, 0.717) is 19.6 Å². The van der Waals surface area contributed by atoms with E-state index in [9.17, 15) is 9.90 Å². The van der Waals surface area contributed by atoms with Gasteiger partial charge in [-0.25, -0.2) is 0 Å². The minimum Gasteiger partial charge on any atom is -0.394 e. The lowest BCUT2D eigenvalue weighted by molar-refractivity contribution is -0.130. The van der Waals surface area contributed by atoms with Gasteiger partial charge in [-0.05, 0) is 0 Å². The average molecular weight is 202 g/mol. The van der Waals surface area contributed by atoms with Gasteiger partial charge in [0, 0.05) is 39.6 Å². The first kappa shape index (κ1) is 11.4. The number of hydrogen-bond acceptors (Lipinski definition) is 4. The molecule has 82 valence electrons. The van der Waals surface area contributed by atoms with E-state index < -0.39 is 6.10 Å². The molecule has 1 amide bonds. The van der Waals surface area contributed by atoms with E-state index in [-0.39, 0.29) is 12.5 Å². The molecule has 1 rings (SSSR count). The van der Waals surface area contributed by atoms with Crippen molar-refractivity contribution >= 4 is 5.91 Å². The van der Waals surface area contributed by atoms with Crippen molar-refractivity contribution in [1.82, 2.24) is 9.80 Å². The Morgan fingerprint density at radius 3 is 2.36 bits per heavy atom. The van der Waals surface area contributed by atoms with E-state index >= 15 is 0 Å². The molecule has 1 saturated heterocycles. The predicted molar refractivity (Wildman–Crippen MR) is 51.8 cm³/mol. The Hall–Kier alpha value is -0.650. The second-order valence-electron chi connectivity index (χ2n) is 3.64. The van der Waals surface area contributed by atoms with Gasteiger partial charge in [-0.2, -0.15) is 0 Å². The van der Waals surface area contributed by atoms with Crippen molar-refractivity contribution in [1.29, 1.82) is 0 Å². The van der Waals surface area contributed by atoms with Crippen molar-refractivity contribution in [2.75, 3.05) is 39.3 Å². The quantitative estimate of drug-likeness (QED) is 0.585. The Kier molecular flexibility index (Phi) is 4.31. The number of nitrogens with zero attached hydrogens (tertiary/aromatic N) is 2. The van der Waals surface area contributed by atoms with Crippen LogP contribution in [0.3, 0.4) is 0 Å². The summed E-state index contributed by atoms with van der Waals surface area (Å²) >= 11 is 0. The number of aliphatic hydroxyl groups is 2. The molecule has 0 spiro atoms. The molecule has 5 nitrogen and oxygen atoms in total. The monoisotopic (exact) mass is 202 g/mol. The minimum absolute atomic E-state index is 0.104. The molecular weight excluding hydrogens is 184 g/mol. The molecule has 1 atom stereocenters. The highest BCUT2D eigenvalue weighted by Crippen LogP contribution is 2.02. The normalized spacial score (nSPS) is 20.9. The third-order valence-electron chi connectivity index (χ3n) is 2.50. The van der Waals surface area contributed by atoms with E-state index in [1.165, 1.54) is 0 Å². The lowest BCUT2D eigenvalue weighted by Crippen LogP contribution is -2.50. The van der Waals surface area contributed by atoms with Gasteiger partial charge in [0.2, 0.25) is 5.91 Å². The highest BCUT2D eigenvalue weighted by molar-refractivity contribution is 5.73. The summed E-state index contributed by atoms with van der Waals surface area (Å²) in [5.41, 5.74) is 0. The maximum Gasteiger partial charge on any atom is 0.219 e. The van der Waals surface area contributed by atoms with Gasteiger partial charge in [0.15, 0.2) is 0 Å². The first-order valence-corrected chi connectivity index (χ1v) is 4.90. The Bertz CT molecular complexity index is 190. The van der Waals surface area contributed by atoms with Crippen molar-refractivity contribution in [3.8, 4) is 0 Å². The summed E-state index contributed by atoms with van der Waals surface area (Å²) in [7, 11) is 0. The molecule has 1 heterocycles. The predicted octanol–water partition coefficient (Wildman–Crippen LogP) is -1.50. The SMILES string of the molecule is CC(=O)N1CCN(CC(O)CO)CC1. The molecule has 1 unspecified atom stereocenters. The summed E-state index contributed by atoms with van der Waals surface area (Å²) in [5.74, 6) is 0.104. The van der Waals surface area contributed by atoms with Crippen molar-refractivity contribution in [2.24, 2.45) is 0 Å². The molecule has 0 saturated carbocycles. The third-order valence-corrected chi connectivity index (χ3v) is 2.50. The Morgan fingerprint density at radius 2 is 1.93 bits per heavy atom. The molecule has 14 heavy (non-hydrogen) atoms. The first-order chi connectivity index (χ1) is 6.63. The van der Waals surface area contributed by atoms with Crippen LogP contribution in [0.4, 0.5) is 0 Å². The summed E-state index contributed by atoms with van der Waals surface area (Å²) in [6.07, 6.45) is -0.668. The van der Waals surface area contributed by atoms with Gasteiger partial charge in [0.1, 0.15) is 0 Å². The Labute approximate surface area is 83.9 Å². The standard InChI is InChI=1S/C9H18N2O3/c1-8(13)11-4-2-10(3-5-11)6-9(14)7-12/h9,12,14H,2-7H2,1H3. The summed E-state index contributed by atoms with van der Waals surface area (Å²) in [4.78, 5) is 14.9. The van der Waals surface area contributed by atoms with Gasteiger partial charge in [-0.1, -0.05) is 0 Å². The molecule has 0 aromatic rings. The van der Waals surface area contributed by atoms with Crippen LogP contribution in [-0.2, 0) is 4.79 Å². The van der Waals surface area contributed by atoms with Crippen molar-refractivity contribution in [3.63, 3.8) is 0 Å². The van der Waals surface area contributed by atoms with Crippen molar-refractivity contribution in [3.05, 3.63) is 0 Å². The van der Waals surface area contributed by atoms with E-state index in [0.717, 1.165) is 13.1 Å². The number of carbonyl (C=O) groups excluding carboxylic acids is 1. The highest BCUT2D eigenvalue weighted by Gasteiger charge is 2.19. The zero-order chi connectivity index (χ0) is 10.6. The van der Waals surface area contributed by atoms with Crippen LogP contribution in [0.25, 0.3) is 0 Å². The number of aliphatic hydroxyl groups excluding tert-OH is 2. The lowest BCUT2D eigenvalue weighted by Gasteiger charge is -2.34. The topological polar surface area (TPSA) is 64.0 Å². The van der Waals surface area contributed by atoms with Gasteiger partial charge in [-0.3, -0.25) is 9.69 Å². The number of piperazine rings is 1. The van der Waals surface area contributed by atoms with Crippen LogP contribution in [0.15, 0.2) is 0 Å². The van der Waals surface area contributed by atoms with E-state index in [4.69, 9.17) is 5.11 Å². The van der Waals surface area contributed by atoms with Gasteiger partial charge in [0.05, 0.1) is 12.7 Å². The van der Waals surface area contributed by atoms with Crippen molar-refractivity contribution in [2.45, 2.75) is 13.0 Å². The Morgan fingerprint density at radius 1 is 1.36 bits per heavy atom. The second kappa shape index (κ2) is 5.29. The summed E-state index contributed by atoms with van der Waals surface area (Å²) in [6, 6.07) is 0. The largest absolute Gasteiger partial charge is 0.394 e. The molecule has 1 fully saturated rings. The van der Waals surface area contributed by atoms with Crippen LogP contribution in [-0.4, -0.2) is 71.4 Å². The molecule has 0 aliphatic carbocycles. The van der Waals surface area contributed by atoms with Crippen LogP contribution in [0.5, 0.6) is 0 Å². The summed E-state index contributed by atoms with van der Waals surface area (Å²) in [5, 5.41) is 17.9. The van der Waals surface area contributed by atoms with E-state index in [2.05, 4.69) is 4.90 Å². The van der Waals surface area contributed by atoms with Crippen LogP contribution >= 0.6 is 0 Å². The van der Waals surface area contributed by atoms with Crippen LogP contribution in [0.1, 0.15) is 6.92 Å². The van der Waals surface area contributed by atoms with Gasteiger partial charge in [0.25, 0.3) is 0 Å². The second-order valence-corrected chi connectivity index (χ2v) is 3.64. The zero-order valence-electron chi connectivity index (χ0n) is 8.52.